The van der Waals surface area contributed by atoms with E-state index in [9.17, 15) is 0 Å². The number of nitrogens with zero attached hydrogens (tertiary/aromatic N) is 2. The highest BCUT2D eigenvalue weighted by molar-refractivity contribution is 7.11. The minimum atomic E-state index is 0.765. The Morgan fingerprint density at radius 3 is 2.56 bits per heavy atom. The molecule has 2 N–H and O–H groups in total. The Kier molecular flexibility index (Phi) is 7.68. The molecule has 6 heteroatoms. The number of rotatable bonds is 7. The molecule has 0 unspecified atom stereocenters. The molecule has 0 radical (unpaired) electrons. The molecule has 0 bridgehead atoms. The molecule has 0 aliphatic carbocycles. The normalized spacial score (nSPS) is 15.7. The van der Waals surface area contributed by atoms with E-state index in [-0.39, 0.29) is 0 Å². The third-order valence-electron chi connectivity index (χ3n) is 4.68. The van der Waals surface area contributed by atoms with E-state index >= 15 is 0 Å². The average molecular weight is 387 g/mol. The molecule has 0 saturated carbocycles. The van der Waals surface area contributed by atoms with Gasteiger partial charge in [-0.2, -0.15) is 0 Å². The van der Waals surface area contributed by atoms with Crippen molar-refractivity contribution in [3.63, 3.8) is 0 Å². The summed E-state index contributed by atoms with van der Waals surface area (Å²) in [6.07, 6.45) is 1.10. The Morgan fingerprint density at radius 1 is 1.07 bits per heavy atom. The first-order chi connectivity index (χ1) is 13.3. The second-order valence-corrected chi connectivity index (χ2v) is 7.96. The maximum absolute atomic E-state index is 5.43. The number of ether oxygens (including phenoxy) is 1. The minimum absolute atomic E-state index is 0.765. The monoisotopic (exact) mass is 386 g/mol. The maximum atomic E-state index is 5.43. The highest BCUT2D eigenvalue weighted by Gasteiger charge is 2.10. The SMILES string of the molecule is CCc1ccc(CNC(=NC)NCc2cccc(CN3CCOCC3)c2)s1. The second kappa shape index (κ2) is 10.4. The minimum Gasteiger partial charge on any atom is -0.379 e. The Labute approximate surface area is 166 Å². The molecule has 1 aliphatic rings. The van der Waals surface area contributed by atoms with E-state index in [0.717, 1.165) is 58.3 Å². The van der Waals surface area contributed by atoms with Gasteiger partial charge in [-0.3, -0.25) is 9.89 Å². The van der Waals surface area contributed by atoms with Gasteiger partial charge in [0.25, 0.3) is 0 Å². The van der Waals surface area contributed by atoms with Crippen molar-refractivity contribution >= 4 is 17.3 Å². The van der Waals surface area contributed by atoms with Crippen molar-refractivity contribution in [2.24, 2.45) is 4.99 Å². The van der Waals surface area contributed by atoms with Crippen LogP contribution in [0.4, 0.5) is 0 Å². The predicted molar refractivity (Wildman–Crippen MR) is 113 cm³/mol. The summed E-state index contributed by atoms with van der Waals surface area (Å²) in [5.41, 5.74) is 2.62. The molecule has 1 fully saturated rings. The van der Waals surface area contributed by atoms with Crippen LogP contribution < -0.4 is 10.6 Å². The number of aliphatic imine (C=N–C) groups is 1. The summed E-state index contributed by atoms with van der Waals surface area (Å²) in [6, 6.07) is 13.2. The van der Waals surface area contributed by atoms with Crippen molar-refractivity contribution in [1.82, 2.24) is 15.5 Å². The lowest BCUT2D eigenvalue weighted by molar-refractivity contribution is 0.0342. The van der Waals surface area contributed by atoms with Crippen LogP contribution in [0.3, 0.4) is 0 Å². The fourth-order valence-corrected chi connectivity index (χ4v) is 4.04. The summed E-state index contributed by atoms with van der Waals surface area (Å²) < 4.78 is 5.43. The average Bonchev–Trinajstić information content (AvgIpc) is 3.17. The molecule has 1 aliphatic heterocycles. The zero-order valence-corrected chi connectivity index (χ0v) is 17.1. The van der Waals surface area contributed by atoms with Crippen LogP contribution >= 0.6 is 11.3 Å². The molecule has 1 aromatic carbocycles. The Bertz CT molecular complexity index is 737. The van der Waals surface area contributed by atoms with E-state index in [0.29, 0.717) is 0 Å². The zero-order valence-electron chi connectivity index (χ0n) is 16.3. The first-order valence-corrected chi connectivity index (χ1v) is 10.5. The number of morpholine rings is 1. The molecule has 1 aromatic heterocycles. The van der Waals surface area contributed by atoms with Gasteiger partial charge in [0, 0.05) is 43.0 Å². The summed E-state index contributed by atoms with van der Waals surface area (Å²) >= 11 is 1.86. The van der Waals surface area contributed by atoms with Crippen LogP contribution in [0.25, 0.3) is 0 Å². The topological polar surface area (TPSA) is 48.9 Å². The smallest absolute Gasteiger partial charge is 0.191 e. The van der Waals surface area contributed by atoms with Gasteiger partial charge < -0.3 is 15.4 Å². The van der Waals surface area contributed by atoms with Crippen molar-refractivity contribution in [1.29, 1.82) is 0 Å². The van der Waals surface area contributed by atoms with E-state index in [1.807, 2.05) is 18.4 Å². The number of hydrogen-bond donors (Lipinski definition) is 2. The van der Waals surface area contributed by atoms with E-state index in [4.69, 9.17) is 4.74 Å². The number of aryl methyl sites for hydroxylation is 1. The lowest BCUT2D eigenvalue weighted by Gasteiger charge is -2.26. The number of thiophene rings is 1. The van der Waals surface area contributed by atoms with Crippen molar-refractivity contribution in [2.45, 2.75) is 33.0 Å². The fraction of sp³-hybridized carbons (Fsp3) is 0.476. The van der Waals surface area contributed by atoms with Crippen LogP contribution in [-0.2, 0) is 30.8 Å². The molecule has 2 heterocycles. The van der Waals surface area contributed by atoms with Gasteiger partial charge in [0.15, 0.2) is 5.96 Å². The summed E-state index contributed by atoms with van der Waals surface area (Å²) in [5, 5.41) is 6.82. The van der Waals surface area contributed by atoms with Crippen LogP contribution in [0.15, 0.2) is 41.4 Å². The van der Waals surface area contributed by atoms with Gasteiger partial charge in [0.2, 0.25) is 0 Å². The standard InChI is InChI=1S/C21H30N4OS/c1-3-19-7-8-20(27-19)15-24-21(22-2)23-14-17-5-4-6-18(13-17)16-25-9-11-26-12-10-25/h4-8,13H,3,9-12,14-16H2,1-2H3,(H2,22,23,24). The first kappa shape index (κ1) is 19.9. The lowest BCUT2D eigenvalue weighted by atomic mass is 10.1. The zero-order chi connectivity index (χ0) is 18.9. The summed E-state index contributed by atoms with van der Waals surface area (Å²) in [7, 11) is 1.82. The highest BCUT2D eigenvalue weighted by Crippen LogP contribution is 2.16. The fourth-order valence-electron chi connectivity index (χ4n) is 3.14. The molecule has 146 valence electrons. The van der Waals surface area contributed by atoms with Crippen molar-refractivity contribution in [3.05, 3.63) is 57.3 Å². The van der Waals surface area contributed by atoms with Crippen LogP contribution in [-0.4, -0.2) is 44.2 Å². The van der Waals surface area contributed by atoms with Crippen LogP contribution in [0.1, 0.15) is 27.8 Å². The van der Waals surface area contributed by atoms with Gasteiger partial charge >= 0.3 is 0 Å². The molecule has 0 atom stereocenters. The molecule has 2 aromatic rings. The van der Waals surface area contributed by atoms with E-state index < -0.39 is 0 Å². The summed E-state index contributed by atoms with van der Waals surface area (Å²) in [5.74, 6) is 0.833. The van der Waals surface area contributed by atoms with Crippen molar-refractivity contribution in [2.75, 3.05) is 33.4 Å². The Balaban J connectivity index is 1.48. The molecule has 0 spiro atoms. The van der Waals surface area contributed by atoms with Crippen LogP contribution in [0, 0.1) is 0 Å². The molecule has 3 rings (SSSR count). The summed E-state index contributed by atoms with van der Waals surface area (Å²) in [4.78, 5) is 9.54. The Hall–Kier alpha value is -1.89. The number of guanidine groups is 1. The number of hydrogen-bond acceptors (Lipinski definition) is 4. The maximum Gasteiger partial charge on any atom is 0.191 e. The summed E-state index contributed by atoms with van der Waals surface area (Å²) in [6.45, 7) is 8.46. The Morgan fingerprint density at radius 2 is 1.81 bits per heavy atom. The lowest BCUT2D eigenvalue weighted by Crippen LogP contribution is -2.36. The number of nitrogens with one attached hydrogen (secondary N) is 2. The predicted octanol–water partition coefficient (Wildman–Crippen LogP) is 3.01. The first-order valence-electron chi connectivity index (χ1n) is 9.67. The largest absolute Gasteiger partial charge is 0.379 e. The third-order valence-corrected chi connectivity index (χ3v) is 5.91. The van der Waals surface area contributed by atoms with Gasteiger partial charge in [0.1, 0.15) is 0 Å². The highest BCUT2D eigenvalue weighted by atomic mass is 32.1. The molecular weight excluding hydrogens is 356 g/mol. The van der Waals surface area contributed by atoms with Gasteiger partial charge in [-0.25, -0.2) is 0 Å². The molecule has 1 saturated heterocycles. The van der Waals surface area contributed by atoms with Gasteiger partial charge in [0.05, 0.1) is 19.8 Å². The molecule has 5 nitrogen and oxygen atoms in total. The second-order valence-electron chi connectivity index (χ2n) is 6.71. The third kappa shape index (κ3) is 6.34. The quantitative estimate of drug-likeness (QED) is 0.567. The molecule has 27 heavy (non-hydrogen) atoms. The van der Waals surface area contributed by atoms with E-state index in [1.165, 1.54) is 20.9 Å². The molecular formula is C21H30N4OS. The van der Waals surface area contributed by atoms with E-state index in [2.05, 4.69) is 63.8 Å². The van der Waals surface area contributed by atoms with Crippen molar-refractivity contribution < 1.29 is 4.74 Å². The van der Waals surface area contributed by atoms with Gasteiger partial charge in [-0.1, -0.05) is 31.2 Å². The van der Waals surface area contributed by atoms with E-state index in [1.54, 1.807) is 0 Å². The molecule has 0 amide bonds. The van der Waals surface area contributed by atoms with Crippen LogP contribution in [0.5, 0.6) is 0 Å². The van der Waals surface area contributed by atoms with Crippen LogP contribution in [0.2, 0.25) is 0 Å². The van der Waals surface area contributed by atoms with Gasteiger partial charge in [-0.15, -0.1) is 11.3 Å². The number of benzene rings is 1. The van der Waals surface area contributed by atoms with Gasteiger partial charge in [-0.05, 0) is 29.7 Å². The van der Waals surface area contributed by atoms with Crippen molar-refractivity contribution in [3.8, 4) is 0 Å².